The lowest BCUT2D eigenvalue weighted by Crippen LogP contribution is -2.18. The van der Waals surface area contributed by atoms with Crippen LogP contribution < -0.4 is 5.32 Å². The fourth-order valence-corrected chi connectivity index (χ4v) is 6.25. The van der Waals surface area contributed by atoms with Crippen LogP contribution in [-0.2, 0) is 16.1 Å². The highest BCUT2D eigenvalue weighted by Crippen LogP contribution is 2.40. The fourth-order valence-electron chi connectivity index (χ4n) is 5.01. The summed E-state index contributed by atoms with van der Waals surface area (Å²) in [6, 6.07) is 13.9. The second kappa shape index (κ2) is 10.6. The number of nitrogens with zero attached hydrogens (tertiary/aromatic N) is 3. The van der Waals surface area contributed by atoms with Crippen LogP contribution in [0.1, 0.15) is 75.6 Å². The molecule has 8 heteroatoms. The number of hydrogen-bond donors (Lipinski definition) is 2. The summed E-state index contributed by atoms with van der Waals surface area (Å²) in [6.07, 6.45) is 1.01. The number of carbonyl (C=O) groups is 1. The molecule has 0 unspecified atom stereocenters. The Kier molecular flexibility index (Phi) is 7.23. The molecule has 2 aromatic heterocycles. The first-order valence-electron chi connectivity index (χ1n) is 13.1. The normalized spacial score (nSPS) is 13.2. The summed E-state index contributed by atoms with van der Waals surface area (Å²) in [4.78, 5) is 14.4. The maximum absolute atomic E-state index is 13.2. The van der Waals surface area contributed by atoms with Gasteiger partial charge in [-0.05, 0) is 69.0 Å². The molecule has 1 amide bonds. The number of aromatic nitrogens is 3. The molecule has 200 valence electrons. The zero-order chi connectivity index (χ0) is 27.8. The molecule has 39 heavy (non-hydrogen) atoms. The third kappa shape index (κ3) is 5.04. The van der Waals surface area contributed by atoms with Gasteiger partial charge in [-0.3, -0.25) is 14.8 Å². The van der Waals surface area contributed by atoms with Gasteiger partial charge in [-0.2, -0.15) is 0 Å². The summed E-state index contributed by atoms with van der Waals surface area (Å²) in [5.74, 6) is 1.52. The van der Waals surface area contributed by atoms with E-state index in [2.05, 4.69) is 78.6 Å². The number of hydrogen-bond acceptors (Lipinski definition) is 6. The number of benzene rings is 2. The molecule has 7 nitrogen and oxygen atoms in total. The lowest BCUT2D eigenvalue weighted by Gasteiger charge is -2.18. The van der Waals surface area contributed by atoms with E-state index in [4.69, 9.17) is 10.1 Å². The first kappa shape index (κ1) is 26.6. The predicted octanol–water partition coefficient (Wildman–Crippen LogP) is 7.00. The predicted molar refractivity (Wildman–Crippen MR) is 157 cm³/mol. The monoisotopic (exact) mass is 539 g/mol. The topological polar surface area (TPSA) is 92.9 Å². The Bertz CT molecular complexity index is 1600. The van der Waals surface area contributed by atoms with Crippen molar-refractivity contribution in [1.29, 1.82) is 5.41 Å². The number of ether oxygens (including phenoxy) is 1. The number of amides is 1. The molecule has 1 aliphatic heterocycles. The van der Waals surface area contributed by atoms with E-state index in [1.165, 1.54) is 16.0 Å². The zero-order valence-corrected chi connectivity index (χ0v) is 23.8. The van der Waals surface area contributed by atoms with Crippen molar-refractivity contribution in [2.24, 2.45) is 0 Å². The van der Waals surface area contributed by atoms with Crippen LogP contribution in [0.5, 0.6) is 0 Å². The first-order chi connectivity index (χ1) is 18.7. The van der Waals surface area contributed by atoms with Crippen LogP contribution in [0.15, 0.2) is 49.0 Å². The van der Waals surface area contributed by atoms with Crippen LogP contribution in [-0.4, -0.2) is 26.6 Å². The minimum atomic E-state index is -0.125. The maximum atomic E-state index is 13.2. The standard InChI is InChI=1S/C31H33N5O2S/c1-7-22(15-27(37)33-25-12-13-26-24(14-25)16-38-29(26)32)30-35-34-21(6)36(30)31-28(18(3)20(5)39-31)19(4)23-10-8-17(2)9-11-23/h8-14,22,32H,4,7,15-16H2,1-3,5-6H3,(H,33,37)/t22-/m0/s1. The zero-order valence-electron chi connectivity index (χ0n) is 23.0. The van der Waals surface area contributed by atoms with Gasteiger partial charge in [0.05, 0.1) is 0 Å². The Balaban J connectivity index is 1.44. The molecule has 4 aromatic rings. The summed E-state index contributed by atoms with van der Waals surface area (Å²) in [7, 11) is 0. The Morgan fingerprint density at radius 2 is 1.90 bits per heavy atom. The number of aryl methyl sites for hydroxylation is 3. The lowest BCUT2D eigenvalue weighted by atomic mass is 9.96. The SMILES string of the molecule is C=C(c1ccc(C)cc1)c1c(-n2c(C)nnc2[C@@H](CC)CC(=O)Nc2ccc3c(c2)COC3=N)sc(C)c1C. The molecule has 5 rings (SSSR count). The van der Waals surface area contributed by atoms with E-state index in [-0.39, 0.29) is 24.1 Å². The average molecular weight is 540 g/mol. The minimum Gasteiger partial charge on any atom is -0.473 e. The van der Waals surface area contributed by atoms with Crippen molar-refractivity contribution in [3.8, 4) is 5.00 Å². The number of anilines is 1. The van der Waals surface area contributed by atoms with Crippen LogP contribution in [0.4, 0.5) is 5.69 Å². The number of carbonyl (C=O) groups excluding carboxylic acids is 1. The van der Waals surface area contributed by atoms with E-state index in [9.17, 15) is 4.79 Å². The number of fused-ring (bicyclic) bond motifs is 1. The molecule has 0 aliphatic carbocycles. The molecule has 0 fully saturated rings. The van der Waals surface area contributed by atoms with Crippen molar-refractivity contribution in [1.82, 2.24) is 14.8 Å². The molecule has 0 radical (unpaired) electrons. The van der Waals surface area contributed by atoms with Crippen LogP contribution in [0, 0.1) is 33.1 Å². The summed E-state index contributed by atoms with van der Waals surface area (Å²) in [6.45, 7) is 15.2. The Hall–Kier alpha value is -4.04. The number of nitrogens with one attached hydrogen (secondary N) is 2. The van der Waals surface area contributed by atoms with E-state index in [0.717, 1.165) is 50.9 Å². The highest BCUT2D eigenvalue weighted by atomic mass is 32.1. The van der Waals surface area contributed by atoms with E-state index in [0.29, 0.717) is 12.3 Å². The highest BCUT2D eigenvalue weighted by Gasteiger charge is 2.27. The summed E-state index contributed by atoms with van der Waals surface area (Å²) >= 11 is 1.71. The minimum absolute atomic E-state index is 0.0918. The Morgan fingerprint density at radius 1 is 1.15 bits per heavy atom. The van der Waals surface area contributed by atoms with Gasteiger partial charge in [0.25, 0.3) is 0 Å². The van der Waals surface area contributed by atoms with Crippen molar-refractivity contribution in [3.63, 3.8) is 0 Å². The molecule has 3 heterocycles. The van der Waals surface area contributed by atoms with Crippen molar-refractivity contribution in [2.45, 2.75) is 60.0 Å². The number of rotatable bonds is 8. The van der Waals surface area contributed by atoms with Crippen molar-refractivity contribution < 1.29 is 9.53 Å². The van der Waals surface area contributed by atoms with E-state index >= 15 is 0 Å². The van der Waals surface area contributed by atoms with Crippen LogP contribution in [0.25, 0.3) is 10.6 Å². The molecule has 1 atom stereocenters. The molecule has 1 aliphatic rings. The lowest BCUT2D eigenvalue weighted by molar-refractivity contribution is -0.116. The highest BCUT2D eigenvalue weighted by molar-refractivity contribution is 7.15. The van der Waals surface area contributed by atoms with E-state index in [1.807, 2.05) is 25.1 Å². The maximum Gasteiger partial charge on any atom is 0.225 e. The van der Waals surface area contributed by atoms with Gasteiger partial charge in [0, 0.05) is 39.6 Å². The van der Waals surface area contributed by atoms with Gasteiger partial charge in [0.1, 0.15) is 23.3 Å². The van der Waals surface area contributed by atoms with Gasteiger partial charge in [-0.15, -0.1) is 21.5 Å². The second-order valence-electron chi connectivity index (χ2n) is 10.1. The Labute approximate surface area is 233 Å². The van der Waals surface area contributed by atoms with Crippen molar-refractivity contribution in [2.75, 3.05) is 5.32 Å². The van der Waals surface area contributed by atoms with Crippen molar-refractivity contribution in [3.05, 3.63) is 99.0 Å². The van der Waals surface area contributed by atoms with Crippen LogP contribution in [0.3, 0.4) is 0 Å². The molecule has 2 aromatic carbocycles. The summed E-state index contributed by atoms with van der Waals surface area (Å²) < 4.78 is 7.41. The largest absolute Gasteiger partial charge is 0.473 e. The third-order valence-corrected chi connectivity index (χ3v) is 8.61. The molecule has 2 N–H and O–H groups in total. The molecule has 0 bridgehead atoms. The Morgan fingerprint density at radius 3 is 2.62 bits per heavy atom. The first-order valence-corrected chi connectivity index (χ1v) is 13.9. The van der Waals surface area contributed by atoms with Crippen LogP contribution in [0.2, 0.25) is 0 Å². The molecular formula is C31H33N5O2S. The fraction of sp³-hybridized carbons (Fsp3) is 0.290. The van der Waals surface area contributed by atoms with Crippen molar-refractivity contribution >= 4 is 34.4 Å². The molecule has 0 saturated carbocycles. The molecular weight excluding hydrogens is 506 g/mol. The third-order valence-electron chi connectivity index (χ3n) is 7.42. The second-order valence-corrected chi connectivity index (χ2v) is 11.3. The van der Waals surface area contributed by atoms with Gasteiger partial charge in [0.2, 0.25) is 11.8 Å². The summed E-state index contributed by atoms with van der Waals surface area (Å²) in [5.41, 5.74) is 7.92. The number of thiophene rings is 1. The van der Waals surface area contributed by atoms with Gasteiger partial charge in [-0.1, -0.05) is 43.3 Å². The summed E-state index contributed by atoms with van der Waals surface area (Å²) in [5, 5.41) is 20.9. The van der Waals surface area contributed by atoms with Gasteiger partial charge in [0.15, 0.2) is 0 Å². The van der Waals surface area contributed by atoms with Gasteiger partial charge < -0.3 is 10.1 Å². The molecule has 0 spiro atoms. The van der Waals surface area contributed by atoms with E-state index < -0.39 is 0 Å². The van der Waals surface area contributed by atoms with E-state index in [1.54, 1.807) is 11.3 Å². The average Bonchev–Trinajstić information content (AvgIpc) is 3.57. The smallest absolute Gasteiger partial charge is 0.225 e. The van der Waals surface area contributed by atoms with Gasteiger partial charge >= 0.3 is 0 Å². The quantitative estimate of drug-likeness (QED) is 0.252. The van der Waals surface area contributed by atoms with Gasteiger partial charge in [-0.25, -0.2) is 0 Å². The van der Waals surface area contributed by atoms with Crippen LogP contribution >= 0.6 is 11.3 Å². The molecule has 0 saturated heterocycles.